The van der Waals surface area contributed by atoms with E-state index in [4.69, 9.17) is 0 Å². The van der Waals surface area contributed by atoms with Crippen molar-refractivity contribution in [1.82, 2.24) is 15.2 Å². The summed E-state index contributed by atoms with van der Waals surface area (Å²) in [5.74, 6) is 0. The number of nitrogens with zero attached hydrogens (tertiary/aromatic N) is 2. The molecule has 0 saturated carbocycles. The summed E-state index contributed by atoms with van der Waals surface area (Å²) < 4.78 is 0. The quantitative estimate of drug-likeness (QED) is 0.755. The molecular weight excluding hydrogens is 308 g/mol. The van der Waals surface area contributed by atoms with Gasteiger partial charge in [-0.2, -0.15) is 0 Å². The van der Waals surface area contributed by atoms with Crippen molar-refractivity contribution in [2.75, 3.05) is 0 Å². The number of thiazole rings is 1. The zero-order valence-corrected chi connectivity index (χ0v) is 13.5. The van der Waals surface area contributed by atoms with Crippen LogP contribution in [-0.4, -0.2) is 21.4 Å². The van der Waals surface area contributed by atoms with Crippen LogP contribution in [0.15, 0.2) is 34.1 Å². The molecule has 1 aliphatic rings. The van der Waals surface area contributed by atoms with Gasteiger partial charge in [-0.25, -0.2) is 4.98 Å². The summed E-state index contributed by atoms with van der Waals surface area (Å²) in [4.78, 5) is 22.1. The largest absolute Gasteiger partial charge is 0.296 e. The minimum Gasteiger partial charge on any atom is -0.296 e. The topological polar surface area (TPSA) is 73.9 Å². The third-order valence-corrected chi connectivity index (χ3v) is 4.89. The summed E-state index contributed by atoms with van der Waals surface area (Å²) >= 11 is 1.57. The van der Waals surface area contributed by atoms with Gasteiger partial charge in [0.25, 0.3) is 5.56 Å². The molecule has 0 atom stereocenters. The lowest BCUT2D eigenvalue weighted by Crippen LogP contribution is -2.02. The van der Waals surface area contributed by atoms with E-state index in [0.29, 0.717) is 5.56 Å². The van der Waals surface area contributed by atoms with Crippen LogP contribution in [0.1, 0.15) is 21.8 Å². The molecule has 0 aliphatic carbocycles. The van der Waals surface area contributed by atoms with Gasteiger partial charge in [-0.3, -0.25) is 20.0 Å². The molecule has 3 aromatic rings. The van der Waals surface area contributed by atoms with Crippen molar-refractivity contribution in [2.24, 2.45) is 4.99 Å². The van der Waals surface area contributed by atoms with E-state index in [1.165, 1.54) is 0 Å². The minimum absolute atomic E-state index is 0.143. The van der Waals surface area contributed by atoms with E-state index in [9.17, 15) is 4.79 Å². The Morgan fingerprint density at radius 1 is 1.17 bits per heavy atom. The maximum atomic E-state index is 12.2. The highest BCUT2D eigenvalue weighted by atomic mass is 32.1. The molecule has 0 radical (unpaired) electrons. The molecule has 0 spiro atoms. The number of nitrogens with one attached hydrogen (secondary N) is 2. The number of aromatic amines is 2. The second-order valence-corrected chi connectivity index (χ2v) is 6.59. The first kappa shape index (κ1) is 13.9. The van der Waals surface area contributed by atoms with Gasteiger partial charge >= 0.3 is 0 Å². The molecule has 0 saturated heterocycles. The van der Waals surface area contributed by atoms with E-state index in [2.05, 4.69) is 20.2 Å². The number of aryl methyl sites for hydroxylation is 2. The third kappa shape index (κ3) is 2.27. The van der Waals surface area contributed by atoms with E-state index in [0.717, 1.165) is 38.1 Å². The van der Waals surface area contributed by atoms with Crippen molar-refractivity contribution in [2.45, 2.75) is 13.8 Å². The Balaban J connectivity index is 1.88. The number of allylic oxidation sites excluding steroid dienone is 1. The summed E-state index contributed by atoms with van der Waals surface area (Å²) in [5, 5.41) is 6.64. The Morgan fingerprint density at radius 2 is 2.00 bits per heavy atom. The van der Waals surface area contributed by atoms with E-state index in [1.807, 2.05) is 44.2 Å². The number of rotatable bonds is 2. The van der Waals surface area contributed by atoms with Gasteiger partial charge in [0.15, 0.2) is 0 Å². The fraction of sp³-hybridized carbons (Fsp3) is 0.118. The number of hydrogen-bond donors (Lipinski definition) is 2. The molecule has 2 aromatic heterocycles. The number of aromatic nitrogens is 3. The molecule has 1 aromatic carbocycles. The number of aliphatic imine (C=N–C) groups is 1. The fourth-order valence-corrected chi connectivity index (χ4v) is 3.69. The van der Waals surface area contributed by atoms with Gasteiger partial charge in [-0.15, -0.1) is 11.3 Å². The maximum Gasteiger partial charge on any atom is 0.271 e. The highest BCUT2D eigenvalue weighted by molar-refractivity contribution is 7.15. The monoisotopic (exact) mass is 322 g/mol. The second kappa shape index (κ2) is 5.17. The summed E-state index contributed by atoms with van der Waals surface area (Å²) in [6, 6.07) is 7.90. The molecule has 6 heteroatoms. The molecule has 0 bridgehead atoms. The number of para-hydroxylation sites is 1. The molecule has 0 fully saturated rings. The first-order valence-electron chi connectivity index (χ1n) is 7.23. The predicted octanol–water partition coefficient (Wildman–Crippen LogP) is 3.70. The fourth-order valence-electron chi connectivity index (χ4n) is 2.76. The lowest BCUT2D eigenvalue weighted by atomic mass is 10.0. The Labute approximate surface area is 136 Å². The smallest absolute Gasteiger partial charge is 0.271 e. The van der Waals surface area contributed by atoms with Crippen LogP contribution in [0.25, 0.3) is 22.2 Å². The zero-order chi connectivity index (χ0) is 16.0. The van der Waals surface area contributed by atoms with Crippen LogP contribution in [0.4, 0.5) is 5.69 Å². The Hall–Kier alpha value is -2.73. The molecule has 114 valence electrons. The van der Waals surface area contributed by atoms with Crippen molar-refractivity contribution < 1.29 is 0 Å². The summed E-state index contributed by atoms with van der Waals surface area (Å²) in [7, 11) is 0. The normalized spacial score (nSPS) is 14.6. The molecule has 5 nitrogen and oxygen atoms in total. The number of benzene rings is 1. The summed E-state index contributed by atoms with van der Waals surface area (Å²) in [5.41, 5.74) is 5.07. The first-order chi connectivity index (χ1) is 11.1. The van der Waals surface area contributed by atoms with Crippen molar-refractivity contribution in [1.29, 1.82) is 0 Å². The number of hydrogen-bond acceptors (Lipinski definition) is 4. The van der Waals surface area contributed by atoms with E-state index < -0.39 is 0 Å². The second-order valence-electron chi connectivity index (χ2n) is 5.39. The van der Waals surface area contributed by atoms with Crippen molar-refractivity contribution in [3.05, 3.63) is 56.4 Å². The van der Waals surface area contributed by atoms with Crippen LogP contribution in [0.3, 0.4) is 0 Å². The molecule has 0 amide bonds. The van der Waals surface area contributed by atoms with Gasteiger partial charge in [-0.1, -0.05) is 18.2 Å². The minimum atomic E-state index is -0.143. The van der Waals surface area contributed by atoms with E-state index in [1.54, 1.807) is 17.6 Å². The van der Waals surface area contributed by atoms with Crippen molar-refractivity contribution >= 4 is 34.9 Å². The molecule has 4 rings (SSSR count). The van der Waals surface area contributed by atoms with E-state index in [-0.39, 0.29) is 5.56 Å². The van der Waals surface area contributed by atoms with Crippen LogP contribution < -0.4 is 5.56 Å². The van der Waals surface area contributed by atoms with Crippen molar-refractivity contribution in [3.8, 4) is 10.6 Å². The highest BCUT2D eigenvalue weighted by Gasteiger charge is 2.18. The van der Waals surface area contributed by atoms with Gasteiger partial charge in [-0.05, 0) is 26.0 Å². The lowest BCUT2D eigenvalue weighted by molar-refractivity contribution is 1.06. The molecule has 3 heterocycles. The average Bonchev–Trinajstić information content (AvgIpc) is 3.19. The lowest BCUT2D eigenvalue weighted by Gasteiger charge is -2.00. The average molecular weight is 322 g/mol. The van der Waals surface area contributed by atoms with Crippen LogP contribution >= 0.6 is 11.3 Å². The SMILES string of the molecule is Cc1nc(C)c(-c2[nH][nH]c(=O)c2/C=C2\C=Nc3ccccc32)s1. The Morgan fingerprint density at radius 3 is 2.78 bits per heavy atom. The maximum absolute atomic E-state index is 12.2. The molecule has 2 N–H and O–H groups in total. The van der Waals surface area contributed by atoms with Gasteiger partial charge < -0.3 is 0 Å². The standard InChI is InChI=1S/C17H14N4OS/c1-9-16(23-10(2)19-9)15-13(17(22)21-20-15)7-11-8-18-14-6-4-3-5-12(11)14/h3-8H,1-2H3,(H2,20,21,22)/b11-7+. The van der Waals surface area contributed by atoms with Gasteiger partial charge in [0, 0.05) is 17.4 Å². The Bertz CT molecular complexity index is 1020. The number of fused-ring (bicyclic) bond motifs is 1. The summed E-state index contributed by atoms with van der Waals surface area (Å²) in [6.07, 6.45) is 3.68. The Kier molecular flexibility index (Phi) is 3.12. The number of H-pyrrole nitrogens is 2. The highest BCUT2D eigenvalue weighted by Crippen LogP contribution is 2.34. The van der Waals surface area contributed by atoms with Crippen molar-refractivity contribution in [3.63, 3.8) is 0 Å². The van der Waals surface area contributed by atoms with Gasteiger partial charge in [0.05, 0.1) is 32.5 Å². The van der Waals surface area contributed by atoms with Gasteiger partial charge in [0.2, 0.25) is 0 Å². The van der Waals surface area contributed by atoms with Crippen LogP contribution in [0, 0.1) is 13.8 Å². The van der Waals surface area contributed by atoms with Crippen LogP contribution in [0.5, 0.6) is 0 Å². The van der Waals surface area contributed by atoms with Crippen LogP contribution in [0.2, 0.25) is 0 Å². The van der Waals surface area contributed by atoms with Gasteiger partial charge in [0.1, 0.15) is 0 Å². The third-order valence-electron chi connectivity index (χ3n) is 3.80. The first-order valence-corrected chi connectivity index (χ1v) is 8.05. The van der Waals surface area contributed by atoms with Crippen LogP contribution in [-0.2, 0) is 0 Å². The molecule has 1 aliphatic heterocycles. The predicted molar refractivity (Wildman–Crippen MR) is 94.5 cm³/mol. The molecular formula is C17H14N4OS. The summed E-state index contributed by atoms with van der Waals surface area (Å²) in [6.45, 7) is 3.91. The molecule has 0 unspecified atom stereocenters. The van der Waals surface area contributed by atoms with E-state index >= 15 is 0 Å². The molecule has 23 heavy (non-hydrogen) atoms. The zero-order valence-electron chi connectivity index (χ0n) is 12.7.